The van der Waals surface area contributed by atoms with Crippen LogP contribution in [0.25, 0.3) is 0 Å². The first kappa shape index (κ1) is 38.6. The predicted octanol–water partition coefficient (Wildman–Crippen LogP) is 9.52. The average molecular weight is 663 g/mol. The first-order chi connectivity index (χ1) is 22.6. The molecule has 5 nitrogen and oxygen atoms in total. The lowest BCUT2D eigenvalue weighted by Crippen LogP contribution is -2.63. The molecule has 10 atom stereocenters. The van der Waals surface area contributed by atoms with Crippen LogP contribution in [-0.4, -0.2) is 40.3 Å². The number of aliphatic hydroxyl groups is 2. The summed E-state index contributed by atoms with van der Waals surface area (Å²) in [5, 5.41) is 30.6. The zero-order valence-corrected chi connectivity index (χ0v) is 31.1. The second-order valence-corrected chi connectivity index (χ2v) is 17.6. The van der Waals surface area contributed by atoms with Crippen molar-refractivity contribution in [1.82, 2.24) is 0 Å². The number of carboxylic acids is 1. The van der Waals surface area contributed by atoms with Crippen molar-refractivity contribution >= 4 is 12.3 Å². The molecule has 0 spiro atoms. The van der Waals surface area contributed by atoms with Crippen molar-refractivity contribution in [3.05, 3.63) is 60.3 Å². The number of rotatable bonds is 9. The Labute approximate surface area is 291 Å². The molecule has 268 valence electrons. The molecule has 0 aromatic rings. The molecule has 5 rings (SSSR count). The summed E-state index contributed by atoms with van der Waals surface area (Å²) in [6.45, 7) is 20.5. The normalized spacial score (nSPS) is 40.5. The molecule has 5 aliphatic rings. The number of carboxylic acid groups (broad SMARTS) is 1. The van der Waals surface area contributed by atoms with E-state index >= 15 is 0 Å². The lowest BCUT2D eigenvalue weighted by molar-refractivity contribution is -0.204. The maximum absolute atomic E-state index is 12.7. The standard InChI is InChI=1S/C33H54O3.C10H12O2/c1-20(2)10-12-24-25(34)19-32(7)26(30(24,4)5)15-17-31(6)23-14-18-33(29(35)36)16-8-9-21(3)28(33)22(23)11-13-27(31)32;1-2-5-10(6-3-8-11)7-4-9-12/h11,20-21,23-28,34H,8-10,12-19H2,1-7H3,(H,35,36);2-8,12H,1,9H2/b;6-3+,7-4-,10-5-/t21?,23?,24?,25-,26?,27?,28?,31?,32?,33?;/m1./s1. The van der Waals surface area contributed by atoms with Crippen LogP contribution in [0.4, 0.5) is 0 Å². The fourth-order valence-electron chi connectivity index (χ4n) is 12.4. The first-order valence-electron chi connectivity index (χ1n) is 19.0. The third-order valence-corrected chi connectivity index (χ3v) is 14.4. The Balaban J connectivity index is 0.000000371. The van der Waals surface area contributed by atoms with Gasteiger partial charge in [0.1, 0.15) is 6.29 Å². The van der Waals surface area contributed by atoms with Crippen LogP contribution >= 0.6 is 0 Å². The Morgan fingerprint density at radius 2 is 1.77 bits per heavy atom. The highest BCUT2D eigenvalue weighted by molar-refractivity contribution is 5.76. The van der Waals surface area contributed by atoms with Gasteiger partial charge in [0, 0.05) is 0 Å². The number of aldehydes is 1. The molecule has 0 aromatic heterocycles. The number of hydrogen-bond acceptors (Lipinski definition) is 4. The maximum atomic E-state index is 12.7. The Hall–Kier alpha value is -2.24. The molecule has 5 aliphatic carbocycles. The molecule has 48 heavy (non-hydrogen) atoms. The van der Waals surface area contributed by atoms with Crippen molar-refractivity contribution < 1.29 is 24.9 Å². The minimum absolute atomic E-state index is 0.0105. The van der Waals surface area contributed by atoms with Gasteiger partial charge in [-0.3, -0.25) is 9.59 Å². The van der Waals surface area contributed by atoms with E-state index in [-0.39, 0.29) is 34.9 Å². The Morgan fingerprint density at radius 3 is 2.40 bits per heavy atom. The molecule has 0 amide bonds. The number of hydrogen-bond donors (Lipinski definition) is 3. The van der Waals surface area contributed by atoms with Gasteiger partial charge in [0.05, 0.1) is 18.1 Å². The van der Waals surface area contributed by atoms with Crippen LogP contribution in [0.15, 0.2) is 60.3 Å². The van der Waals surface area contributed by atoms with Crippen molar-refractivity contribution in [3.8, 4) is 0 Å². The number of carbonyl (C=O) groups excluding carboxylic acids is 1. The van der Waals surface area contributed by atoms with Gasteiger partial charge in [0.15, 0.2) is 0 Å². The quantitative estimate of drug-likeness (QED) is 0.0990. The molecule has 4 saturated carbocycles. The average Bonchev–Trinajstić information content (AvgIpc) is 3.01. The Kier molecular flexibility index (Phi) is 12.3. The molecule has 0 radical (unpaired) electrons. The summed E-state index contributed by atoms with van der Waals surface area (Å²) >= 11 is 0. The molecule has 0 aliphatic heterocycles. The summed E-state index contributed by atoms with van der Waals surface area (Å²) in [6, 6.07) is 0. The summed E-state index contributed by atoms with van der Waals surface area (Å²) in [6.07, 6.45) is 24.6. The van der Waals surface area contributed by atoms with E-state index in [2.05, 4.69) is 61.1 Å². The van der Waals surface area contributed by atoms with E-state index in [0.29, 0.717) is 41.8 Å². The van der Waals surface area contributed by atoms with Crippen molar-refractivity contribution in [2.24, 2.45) is 63.1 Å². The smallest absolute Gasteiger partial charge is 0.310 e. The van der Waals surface area contributed by atoms with Crippen molar-refractivity contribution in [3.63, 3.8) is 0 Å². The number of carbonyl (C=O) groups is 2. The Morgan fingerprint density at radius 1 is 1.04 bits per heavy atom. The molecule has 4 fully saturated rings. The van der Waals surface area contributed by atoms with Gasteiger partial charge in [-0.2, -0.15) is 0 Å². The van der Waals surface area contributed by atoms with Crippen LogP contribution in [0.2, 0.25) is 0 Å². The summed E-state index contributed by atoms with van der Waals surface area (Å²) < 4.78 is 0. The van der Waals surface area contributed by atoms with E-state index in [4.69, 9.17) is 5.11 Å². The van der Waals surface area contributed by atoms with Crippen molar-refractivity contribution in [1.29, 1.82) is 0 Å². The molecule has 5 heteroatoms. The predicted molar refractivity (Wildman–Crippen MR) is 196 cm³/mol. The minimum Gasteiger partial charge on any atom is -0.481 e. The van der Waals surface area contributed by atoms with Gasteiger partial charge in [0.2, 0.25) is 0 Å². The van der Waals surface area contributed by atoms with E-state index in [1.54, 1.807) is 30.4 Å². The topological polar surface area (TPSA) is 94.8 Å². The van der Waals surface area contributed by atoms with Gasteiger partial charge in [-0.05, 0) is 121 Å². The van der Waals surface area contributed by atoms with Crippen LogP contribution < -0.4 is 0 Å². The highest BCUT2D eigenvalue weighted by atomic mass is 16.4. The molecular weight excluding hydrogens is 596 g/mol. The highest BCUT2D eigenvalue weighted by Gasteiger charge is 2.66. The van der Waals surface area contributed by atoms with Crippen LogP contribution in [0.1, 0.15) is 119 Å². The zero-order valence-electron chi connectivity index (χ0n) is 31.1. The van der Waals surface area contributed by atoms with Gasteiger partial charge in [-0.1, -0.05) is 116 Å². The SMILES string of the molecule is C=C/C=C(\C=C/CO)/C=C/C=O.CC(C)CCC1[C@H](O)CC2(C)C(CCC3(C)C4CCC5(C(=O)O)CCCC(C)C5C4=CCC32)C1(C)C. The van der Waals surface area contributed by atoms with E-state index in [0.717, 1.165) is 50.5 Å². The number of aliphatic hydroxyl groups excluding tert-OH is 2. The first-order valence-corrected chi connectivity index (χ1v) is 19.0. The largest absolute Gasteiger partial charge is 0.481 e. The van der Waals surface area contributed by atoms with E-state index < -0.39 is 11.4 Å². The van der Waals surface area contributed by atoms with Crippen LogP contribution in [-0.2, 0) is 9.59 Å². The fourth-order valence-corrected chi connectivity index (χ4v) is 12.4. The van der Waals surface area contributed by atoms with Gasteiger partial charge in [-0.15, -0.1) is 0 Å². The Bertz CT molecular complexity index is 1290. The second kappa shape index (κ2) is 15.3. The highest BCUT2D eigenvalue weighted by Crippen LogP contribution is 2.72. The summed E-state index contributed by atoms with van der Waals surface area (Å²) in [5.41, 5.74) is 2.34. The number of aliphatic carboxylic acids is 1. The van der Waals surface area contributed by atoms with E-state index in [1.165, 1.54) is 37.3 Å². The molecule has 0 bridgehead atoms. The van der Waals surface area contributed by atoms with Crippen LogP contribution in [0.3, 0.4) is 0 Å². The van der Waals surface area contributed by atoms with Crippen molar-refractivity contribution in [2.45, 2.75) is 125 Å². The lowest BCUT2D eigenvalue weighted by Gasteiger charge is -2.69. The number of fused-ring (bicyclic) bond motifs is 7. The third kappa shape index (κ3) is 7.02. The van der Waals surface area contributed by atoms with Crippen molar-refractivity contribution in [2.75, 3.05) is 6.61 Å². The molecule has 0 saturated heterocycles. The molecular formula is C43H66O5. The third-order valence-electron chi connectivity index (χ3n) is 14.4. The van der Waals surface area contributed by atoms with E-state index in [1.807, 2.05) is 0 Å². The van der Waals surface area contributed by atoms with Gasteiger partial charge >= 0.3 is 5.97 Å². The second-order valence-electron chi connectivity index (χ2n) is 17.6. The maximum Gasteiger partial charge on any atom is 0.310 e. The van der Waals surface area contributed by atoms with Crippen LogP contribution in [0, 0.1) is 63.1 Å². The minimum atomic E-state index is -0.536. The number of allylic oxidation sites excluding steroid dienone is 8. The summed E-state index contributed by atoms with van der Waals surface area (Å²) in [4.78, 5) is 22.7. The molecule has 0 heterocycles. The molecule has 0 aromatic carbocycles. The zero-order chi connectivity index (χ0) is 35.5. The van der Waals surface area contributed by atoms with Gasteiger partial charge < -0.3 is 15.3 Å². The van der Waals surface area contributed by atoms with Crippen LogP contribution in [0.5, 0.6) is 0 Å². The molecule has 3 N–H and O–H groups in total. The monoisotopic (exact) mass is 662 g/mol. The van der Waals surface area contributed by atoms with Gasteiger partial charge in [-0.25, -0.2) is 0 Å². The van der Waals surface area contributed by atoms with Gasteiger partial charge in [0.25, 0.3) is 0 Å². The van der Waals surface area contributed by atoms with E-state index in [9.17, 15) is 19.8 Å². The molecule has 9 unspecified atom stereocenters. The fraction of sp³-hybridized carbons (Fsp3) is 0.721. The lowest BCUT2D eigenvalue weighted by atomic mass is 9.36. The summed E-state index contributed by atoms with van der Waals surface area (Å²) in [7, 11) is 0. The summed E-state index contributed by atoms with van der Waals surface area (Å²) in [5.74, 6) is 2.97.